The molecule has 0 aliphatic carbocycles. The first-order valence-corrected chi connectivity index (χ1v) is 7.11. The molecule has 1 rings (SSSR count). The molecule has 0 aliphatic rings. The smallest absolute Gasteiger partial charge is 0.322 e. The molecular weight excluding hydrogens is 277 g/mol. The molecule has 0 radical (unpaired) electrons. The molecule has 106 valence electrons. The standard InChI is InChI=1S/C11H14FNO5S/c1-18-11(15)7(13)5-6-3-4-8(14)10(9(6)12)19(2,16)17/h3-4,7,14H,5,13H2,1-2H3. The van der Waals surface area contributed by atoms with E-state index in [1.165, 1.54) is 6.07 Å². The van der Waals surface area contributed by atoms with E-state index in [9.17, 15) is 22.7 Å². The van der Waals surface area contributed by atoms with Gasteiger partial charge in [-0.2, -0.15) is 0 Å². The van der Waals surface area contributed by atoms with Gasteiger partial charge in [-0.1, -0.05) is 6.07 Å². The van der Waals surface area contributed by atoms with Crippen molar-refractivity contribution in [1.29, 1.82) is 0 Å². The lowest BCUT2D eigenvalue weighted by Gasteiger charge is -2.12. The van der Waals surface area contributed by atoms with Crippen LogP contribution in [0.5, 0.6) is 5.75 Å². The molecule has 0 aromatic heterocycles. The van der Waals surface area contributed by atoms with Crippen LogP contribution in [0.25, 0.3) is 0 Å². The predicted octanol–water partition coefficient (Wildman–Crippen LogP) is -0.0224. The highest BCUT2D eigenvalue weighted by molar-refractivity contribution is 7.90. The molecule has 1 atom stereocenters. The fraction of sp³-hybridized carbons (Fsp3) is 0.364. The Morgan fingerprint density at radius 3 is 2.58 bits per heavy atom. The summed E-state index contributed by atoms with van der Waals surface area (Å²) in [4.78, 5) is 10.3. The van der Waals surface area contributed by atoms with Gasteiger partial charge in [-0.05, 0) is 11.6 Å². The molecule has 0 saturated carbocycles. The van der Waals surface area contributed by atoms with Crippen LogP contribution in [0.4, 0.5) is 4.39 Å². The van der Waals surface area contributed by atoms with Crippen molar-refractivity contribution in [3.05, 3.63) is 23.5 Å². The number of carbonyl (C=O) groups excluding carboxylic acids is 1. The van der Waals surface area contributed by atoms with Crippen LogP contribution in [0, 0.1) is 5.82 Å². The van der Waals surface area contributed by atoms with Crippen molar-refractivity contribution in [3.63, 3.8) is 0 Å². The molecule has 3 N–H and O–H groups in total. The van der Waals surface area contributed by atoms with Gasteiger partial charge in [0.2, 0.25) is 0 Å². The van der Waals surface area contributed by atoms with Crippen LogP contribution in [0.3, 0.4) is 0 Å². The number of ether oxygens (including phenoxy) is 1. The number of rotatable bonds is 4. The Labute approximate surface area is 109 Å². The molecule has 0 bridgehead atoms. The zero-order chi connectivity index (χ0) is 14.8. The maximum absolute atomic E-state index is 14.0. The number of methoxy groups -OCH3 is 1. The monoisotopic (exact) mass is 291 g/mol. The van der Waals surface area contributed by atoms with Crippen molar-refractivity contribution in [2.75, 3.05) is 13.4 Å². The minimum absolute atomic E-state index is 0.0869. The molecular formula is C11H14FNO5S. The fourth-order valence-corrected chi connectivity index (χ4v) is 2.47. The number of hydrogen-bond donors (Lipinski definition) is 2. The lowest BCUT2D eigenvalue weighted by atomic mass is 10.1. The van der Waals surface area contributed by atoms with Gasteiger partial charge in [-0.15, -0.1) is 0 Å². The Morgan fingerprint density at radius 2 is 2.11 bits per heavy atom. The van der Waals surface area contributed by atoms with Gasteiger partial charge in [0.05, 0.1) is 7.11 Å². The number of halogens is 1. The highest BCUT2D eigenvalue weighted by atomic mass is 32.2. The van der Waals surface area contributed by atoms with Crippen molar-refractivity contribution in [1.82, 2.24) is 0 Å². The average molecular weight is 291 g/mol. The Hall–Kier alpha value is -1.67. The van der Waals surface area contributed by atoms with Crippen LogP contribution in [0.2, 0.25) is 0 Å². The number of sulfone groups is 1. The number of phenolic OH excluding ortho intramolecular Hbond substituents is 1. The van der Waals surface area contributed by atoms with Gasteiger partial charge in [-0.25, -0.2) is 12.8 Å². The van der Waals surface area contributed by atoms with E-state index < -0.39 is 38.3 Å². The molecule has 8 heteroatoms. The van der Waals surface area contributed by atoms with Gasteiger partial charge in [0.25, 0.3) is 0 Å². The summed E-state index contributed by atoms with van der Waals surface area (Å²) >= 11 is 0. The van der Waals surface area contributed by atoms with Crippen LogP contribution in [0.1, 0.15) is 5.56 Å². The first-order valence-electron chi connectivity index (χ1n) is 5.22. The van der Waals surface area contributed by atoms with Gasteiger partial charge in [-0.3, -0.25) is 4.79 Å². The number of benzene rings is 1. The lowest BCUT2D eigenvalue weighted by molar-refractivity contribution is -0.142. The van der Waals surface area contributed by atoms with Crippen molar-refractivity contribution < 1.29 is 27.4 Å². The number of hydrogen-bond acceptors (Lipinski definition) is 6. The molecule has 0 saturated heterocycles. The number of esters is 1. The maximum atomic E-state index is 14.0. The average Bonchev–Trinajstić information content (AvgIpc) is 2.30. The molecule has 0 amide bonds. The van der Waals surface area contributed by atoms with E-state index in [4.69, 9.17) is 5.73 Å². The number of nitrogens with two attached hydrogens (primary N) is 1. The molecule has 1 unspecified atom stereocenters. The van der Waals surface area contributed by atoms with E-state index in [0.29, 0.717) is 0 Å². The molecule has 1 aromatic carbocycles. The van der Waals surface area contributed by atoms with Crippen LogP contribution in [0.15, 0.2) is 17.0 Å². The lowest BCUT2D eigenvalue weighted by Crippen LogP contribution is -2.34. The minimum Gasteiger partial charge on any atom is -0.506 e. The quantitative estimate of drug-likeness (QED) is 0.755. The van der Waals surface area contributed by atoms with Crippen LogP contribution in [-0.2, 0) is 25.8 Å². The SMILES string of the molecule is COC(=O)C(N)Cc1ccc(O)c(S(C)(=O)=O)c1F. The Kier molecular flexibility index (Phi) is 4.48. The second-order valence-corrected chi connectivity index (χ2v) is 5.95. The highest BCUT2D eigenvalue weighted by Gasteiger charge is 2.24. The third-order valence-electron chi connectivity index (χ3n) is 2.47. The maximum Gasteiger partial charge on any atom is 0.322 e. The number of phenols is 1. The molecule has 0 heterocycles. The van der Waals surface area contributed by atoms with E-state index in [-0.39, 0.29) is 12.0 Å². The zero-order valence-electron chi connectivity index (χ0n) is 10.4. The molecule has 0 spiro atoms. The topological polar surface area (TPSA) is 107 Å². The van der Waals surface area contributed by atoms with Crippen molar-refractivity contribution in [2.24, 2.45) is 5.73 Å². The first kappa shape index (κ1) is 15.4. The van der Waals surface area contributed by atoms with E-state index >= 15 is 0 Å². The van der Waals surface area contributed by atoms with E-state index in [2.05, 4.69) is 4.74 Å². The summed E-state index contributed by atoms with van der Waals surface area (Å²) in [6.07, 6.45) is 0.538. The summed E-state index contributed by atoms with van der Waals surface area (Å²) in [6.45, 7) is 0. The predicted molar refractivity (Wildman–Crippen MR) is 64.9 cm³/mol. The summed E-state index contributed by atoms with van der Waals surface area (Å²) in [5, 5.41) is 9.40. The third-order valence-corrected chi connectivity index (χ3v) is 3.60. The highest BCUT2D eigenvalue weighted by Crippen LogP contribution is 2.28. The van der Waals surface area contributed by atoms with E-state index in [1.807, 2.05) is 0 Å². The summed E-state index contributed by atoms with van der Waals surface area (Å²) in [6, 6.07) is 1.09. The van der Waals surface area contributed by atoms with Crippen LogP contribution < -0.4 is 5.73 Å². The van der Waals surface area contributed by atoms with Crippen LogP contribution in [-0.4, -0.2) is 38.9 Å². The van der Waals surface area contributed by atoms with Crippen LogP contribution >= 0.6 is 0 Å². The van der Waals surface area contributed by atoms with Crippen molar-refractivity contribution >= 4 is 15.8 Å². The second-order valence-electron chi connectivity index (χ2n) is 3.99. The molecule has 19 heavy (non-hydrogen) atoms. The van der Waals surface area contributed by atoms with Gasteiger partial charge in [0, 0.05) is 12.7 Å². The van der Waals surface area contributed by atoms with Crippen molar-refractivity contribution in [3.8, 4) is 5.75 Å². The second kappa shape index (κ2) is 5.54. The zero-order valence-corrected chi connectivity index (χ0v) is 11.2. The Bertz CT molecular complexity index is 599. The summed E-state index contributed by atoms with van der Waals surface area (Å²) in [5.74, 6) is -2.54. The largest absolute Gasteiger partial charge is 0.506 e. The minimum atomic E-state index is -3.93. The summed E-state index contributed by atoms with van der Waals surface area (Å²) < 4.78 is 41.2. The summed E-state index contributed by atoms with van der Waals surface area (Å²) in [7, 11) is -2.79. The van der Waals surface area contributed by atoms with Gasteiger partial charge >= 0.3 is 5.97 Å². The van der Waals surface area contributed by atoms with Gasteiger partial charge in [0.15, 0.2) is 9.84 Å². The summed E-state index contributed by atoms with van der Waals surface area (Å²) in [5.41, 5.74) is 5.39. The Morgan fingerprint density at radius 1 is 1.53 bits per heavy atom. The fourth-order valence-electron chi connectivity index (χ4n) is 1.57. The Balaban J connectivity index is 3.23. The number of aromatic hydroxyl groups is 1. The third kappa shape index (κ3) is 3.42. The molecule has 0 aliphatic heterocycles. The van der Waals surface area contributed by atoms with E-state index in [0.717, 1.165) is 19.4 Å². The van der Waals surface area contributed by atoms with Crippen molar-refractivity contribution in [2.45, 2.75) is 17.4 Å². The van der Waals surface area contributed by atoms with E-state index in [1.54, 1.807) is 0 Å². The molecule has 1 aromatic rings. The number of carbonyl (C=O) groups is 1. The first-order chi connectivity index (χ1) is 8.68. The van der Waals surface area contributed by atoms with Gasteiger partial charge in [0.1, 0.15) is 22.5 Å². The normalized spacial score (nSPS) is 13.1. The molecule has 6 nitrogen and oxygen atoms in total. The molecule has 0 fully saturated rings. The van der Waals surface area contributed by atoms with Gasteiger partial charge < -0.3 is 15.6 Å².